The van der Waals surface area contributed by atoms with Crippen LogP contribution in [0.25, 0.3) is 0 Å². The van der Waals surface area contributed by atoms with Gasteiger partial charge in [-0.25, -0.2) is 0 Å². The molecule has 0 spiro atoms. The molecule has 1 fully saturated rings. The summed E-state index contributed by atoms with van der Waals surface area (Å²) in [7, 11) is 3.22. The van der Waals surface area contributed by atoms with Gasteiger partial charge in [0.1, 0.15) is 5.75 Å². The Bertz CT molecular complexity index is 451. The highest BCUT2D eigenvalue weighted by Gasteiger charge is 2.41. The second-order valence-corrected chi connectivity index (χ2v) is 5.00. The van der Waals surface area contributed by atoms with E-state index < -0.39 is 12.4 Å². The molecule has 0 saturated carbocycles. The Morgan fingerprint density at radius 2 is 1.95 bits per heavy atom. The number of hydrogen-bond acceptors (Lipinski definition) is 5. The highest BCUT2D eigenvalue weighted by Crippen LogP contribution is 2.26. The molecule has 1 aromatic rings. The highest BCUT2D eigenvalue weighted by molar-refractivity contribution is 5.27. The molecule has 1 aliphatic heterocycles. The van der Waals surface area contributed by atoms with Gasteiger partial charge in [-0.05, 0) is 17.7 Å². The van der Waals surface area contributed by atoms with Gasteiger partial charge in [0, 0.05) is 27.2 Å². The summed E-state index contributed by atoms with van der Waals surface area (Å²) in [6, 6.07) is 6.37. The Labute approximate surface area is 128 Å². The number of ether oxygens (including phenoxy) is 4. The molecule has 1 heterocycles. The molecular formula is C15H21F2NO4. The first-order chi connectivity index (χ1) is 10.6. The molecule has 7 heteroatoms. The molecule has 1 atom stereocenters. The maximum absolute atomic E-state index is 12.1. The third-order valence-electron chi connectivity index (χ3n) is 3.80. The lowest BCUT2D eigenvalue weighted by Gasteiger charge is -2.41. The fraction of sp³-hybridized carbons (Fsp3) is 0.600. The molecule has 22 heavy (non-hydrogen) atoms. The first kappa shape index (κ1) is 17.1. The number of benzene rings is 1. The van der Waals surface area contributed by atoms with Crippen molar-refractivity contribution >= 4 is 0 Å². The molecule has 0 amide bonds. The molecular weight excluding hydrogens is 296 g/mol. The maximum atomic E-state index is 12.1. The summed E-state index contributed by atoms with van der Waals surface area (Å²) < 4.78 is 45.0. The van der Waals surface area contributed by atoms with Gasteiger partial charge in [0.25, 0.3) is 0 Å². The zero-order chi connectivity index (χ0) is 16.0. The summed E-state index contributed by atoms with van der Waals surface area (Å²) in [5.41, 5.74) is 0.938. The van der Waals surface area contributed by atoms with Crippen molar-refractivity contribution in [2.45, 2.75) is 31.4 Å². The minimum Gasteiger partial charge on any atom is -0.435 e. The molecule has 0 radical (unpaired) electrons. The largest absolute Gasteiger partial charge is 0.435 e. The van der Waals surface area contributed by atoms with Crippen LogP contribution < -0.4 is 10.1 Å². The first-order valence-electron chi connectivity index (χ1n) is 7.05. The van der Waals surface area contributed by atoms with E-state index in [9.17, 15) is 8.78 Å². The predicted octanol–water partition coefficient (Wildman–Crippen LogP) is 2.16. The summed E-state index contributed by atoms with van der Waals surface area (Å²) in [5, 5.41) is 3.33. The van der Waals surface area contributed by atoms with Gasteiger partial charge in [-0.15, -0.1) is 0 Å². The monoisotopic (exact) mass is 317 g/mol. The Hall–Kier alpha value is -1.28. The van der Waals surface area contributed by atoms with Crippen molar-refractivity contribution in [3.63, 3.8) is 0 Å². The highest BCUT2D eigenvalue weighted by atomic mass is 19.3. The summed E-state index contributed by atoms with van der Waals surface area (Å²) in [5.74, 6) is -0.570. The molecule has 0 aliphatic carbocycles. The number of rotatable bonds is 7. The minimum atomic E-state index is -2.81. The van der Waals surface area contributed by atoms with Crippen molar-refractivity contribution in [3.8, 4) is 5.75 Å². The van der Waals surface area contributed by atoms with Crippen LogP contribution in [0, 0.1) is 0 Å². The fourth-order valence-corrected chi connectivity index (χ4v) is 2.53. The van der Waals surface area contributed by atoms with Crippen LogP contribution in [-0.4, -0.2) is 45.9 Å². The molecule has 1 aliphatic rings. The average Bonchev–Trinajstić information content (AvgIpc) is 2.54. The molecule has 0 bridgehead atoms. The molecule has 124 valence electrons. The van der Waals surface area contributed by atoms with Gasteiger partial charge in [0.15, 0.2) is 5.79 Å². The third-order valence-corrected chi connectivity index (χ3v) is 3.80. The van der Waals surface area contributed by atoms with Gasteiger partial charge in [0.2, 0.25) is 0 Å². The van der Waals surface area contributed by atoms with E-state index in [1.165, 1.54) is 12.1 Å². The van der Waals surface area contributed by atoms with E-state index in [2.05, 4.69) is 10.1 Å². The Morgan fingerprint density at radius 3 is 2.55 bits per heavy atom. The number of methoxy groups -OCH3 is 2. The van der Waals surface area contributed by atoms with E-state index in [1.807, 2.05) is 0 Å². The van der Waals surface area contributed by atoms with E-state index in [0.29, 0.717) is 26.2 Å². The van der Waals surface area contributed by atoms with Gasteiger partial charge in [-0.1, -0.05) is 12.1 Å². The molecule has 1 N–H and O–H groups in total. The van der Waals surface area contributed by atoms with Crippen LogP contribution in [0.5, 0.6) is 5.75 Å². The molecule has 0 unspecified atom stereocenters. The summed E-state index contributed by atoms with van der Waals surface area (Å²) in [6.45, 7) is -1.21. The van der Waals surface area contributed by atoms with Crippen LogP contribution in [-0.2, 0) is 20.8 Å². The van der Waals surface area contributed by atoms with Crippen LogP contribution in [0.2, 0.25) is 0 Å². The van der Waals surface area contributed by atoms with E-state index in [0.717, 1.165) is 5.56 Å². The predicted molar refractivity (Wildman–Crippen MR) is 75.9 cm³/mol. The second kappa shape index (κ2) is 7.82. The fourth-order valence-electron chi connectivity index (χ4n) is 2.53. The average molecular weight is 317 g/mol. The number of halogens is 2. The topological polar surface area (TPSA) is 49.0 Å². The van der Waals surface area contributed by atoms with Crippen molar-refractivity contribution in [2.75, 3.05) is 27.4 Å². The van der Waals surface area contributed by atoms with E-state index in [-0.39, 0.29) is 11.8 Å². The van der Waals surface area contributed by atoms with Crippen LogP contribution in [0.3, 0.4) is 0 Å². The van der Waals surface area contributed by atoms with Crippen molar-refractivity contribution in [1.82, 2.24) is 5.32 Å². The molecule has 1 aromatic carbocycles. The SMILES string of the molecule is COC1(OC)CCOC[C@@H]1NCc1ccc(OC(F)F)cc1. The normalized spacial score (nSPS) is 21.0. The van der Waals surface area contributed by atoms with E-state index in [1.54, 1.807) is 26.4 Å². The number of nitrogens with one attached hydrogen (secondary N) is 1. The minimum absolute atomic E-state index is 0.117. The van der Waals surface area contributed by atoms with Gasteiger partial charge in [0.05, 0.1) is 19.3 Å². The lowest BCUT2D eigenvalue weighted by atomic mass is 10.0. The molecule has 2 rings (SSSR count). The quantitative estimate of drug-likeness (QED) is 0.781. The van der Waals surface area contributed by atoms with Gasteiger partial charge in [-0.3, -0.25) is 0 Å². The smallest absolute Gasteiger partial charge is 0.387 e. The van der Waals surface area contributed by atoms with Crippen molar-refractivity contribution in [1.29, 1.82) is 0 Å². The molecule has 0 aromatic heterocycles. The second-order valence-electron chi connectivity index (χ2n) is 5.00. The van der Waals surface area contributed by atoms with Crippen LogP contribution >= 0.6 is 0 Å². The number of hydrogen-bond donors (Lipinski definition) is 1. The Morgan fingerprint density at radius 1 is 1.27 bits per heavy atom. The van der Waals surface area contributed by atoms with Gasteiger partial charge in [-0.2, -0.15) is 8.78 Å². The van der Waals surface area contributed by atoms with Crippen molar-refractivity contribution in [2.24, 2.45) is 0 Å². The van der Waals surface area contributed by atoms with Gasteiger partial charge >= 0.3 is 6.61 Å². The zero-order valence-electron chi connectivity index (χ0n) is 12.7. The van der Waals surface area contributed by atoms with Crippen LogP contribution in [0.1, 0.15) is 12.0 Å². The maximum Gasteiger partial charge on any atom is 0.387 e. The first-order valence-corrected chi connectivity index (χ1v) is 7.05. The lowest BCUT2D eigenvalue weighted by Crippen LogP contribution is -2.58. The lowest BCUT2D eigenvalue weighted by molar-refractivity contribution is -0.259. The van der Waals surface area contributed by atoms with Gasteiger partial charge < -0.3 is 24.3 Å². The molecule has 5 nitrogen and oxygen atoms in total. The summed E-state index contributed by atoms with van der Waals surface area (Å²) in [6.07, 6.45) is 0.638. The van der Waals surface area contributed by atoms with E-state index in [4.69, 9.17) is 14.2 Å². The van der Waals surface area contributed by atoms with Crippen molar-refractivity contribution in [3.05, 3.63) is 29.8 Å². The standard InChI is InChI=1S/C15H21F2NO4/c1-19-15(20-2)7-8-21-10-13(15)18-9-11-3-5-12(6-4-11)22-14(16)17/h3-6,13-14,18H,7-10H2,1-2H3/t13-/m0/s1. The summed E-state index contributed by atoms with van der Waals surface area (Å²) in [4.78, 5) is 0. The summed E-state index contributed by atoms with van der Waals surface area (Å²) >= 11 is 0. The number of alkyl halides is 2. The Kier molecular flexibility index (Phi) is 6.07. The zero-order valence-corrected chi connectivity index (χ0v) is 12.7. The van der Waals surface area contributed by atoms with Crippen molar-refractivity contribution < 1.29 is 27.7 Å². The van der Waals surface area contributed by atoms with Crippen LogP contribution in [0.15, 0.2) is 24.3 Å². The van der Waals surface area contributed by atoms with Crippen LogP contribution in [0.4, 0.5) is 8.78 Å². The Balaban J connectivity index is 1.93. The third kappa shape index (κ3) is 4.13. The molecule has 1 saturated heterocycles. The van der Waals surface area contributed by atoms with E-state index >= 15 is 0 Å².